The standard InChI is InChI=1S/C48H74N2O11/c1-42(2)31-10-14-44(4)38-27(21-32-46(44,13-9-19-51)15-16-48(41(57)58)29(25-59-7)23-43(3)11-8-12-47(32,48)26-43)20-28(24-50-18-17-49-6)30(45(31,38)5)22-33(42)60-40-36(54)34(52)35(53)37(61-40)39(55)56/h8,12,19,21,27-31,33-38,40,49-50,52-54H,9-11,13-18,20,22-26H2,1-7H3,(H,55,56)(H,57,58)/t27-,28-,29+,30-,31-,33-,34-,35-,36+,37-,38-,40+,43-,44+,45-,46+,47-,48-/m0/s1. The lowest BCUT2D eigenvalue weighted by molar-refractivity contribution is -0.336. The molecule has 7 N–H and O–H groups in total. The number of methoxy groups -OCH3 is 1. The van der Waals surface area contributed by atoms with Gasteiger partial charge in [-0.15, -0.1) is 0 Å². The molecule has 1 spiro atoms. The first-order chi connectivity index (χ1) is 28.8. The number of aliphatic carboxylic acids is 2. The van der Waals surface area contributed by atoms with Crippen molar-refractivity contribution in [2.75, 3.05) is 40.4 Å². The number of nitrogens with one attached hydrogen (secondary N) is 2. The van der Waals surface area contributed by atoms with Crippen LogP contribution in [0.4, 0.5) is 0 Å². The third kappa shape index (κ3) is 6.23. The molecule has 6 fully saturated rings. The average molecular weight is 855 g/mol. The molecule has 7 aliphatic carbocycles. The Labute approximate surface area is 361 Å². The Kier molecular flexibility index (Phi) is 11.7. The Morgan fingerprint density at radius 3 is 2.43 bits per heavy atom. The lowest BCUT2D eigenvalue weighted by Crippen LogP contribution is -2.74. The molecule has 0 unspecified atom stereocenters. The second kappa shape index (κ2) is 15.7. The fourth-order valence-electron chi connectivity index (χ4n) is 17.4. The zero-order chi connectivity index (χ0) is 44.1. The molecule has 1 saturated heterocycles. The maximum atomic E-state index is 14.2. The fourth-order valence-corrected chi connectivity index (χ4v) is 17.4. The molecule has 0 aromatic rings. The summed E-state index contributed by atoms with van der Waals surface area (Å²) in [5, 5.41) is 61.0. The summed E-state index contributed by atoms with van der Waals surface area (Å²) >= 11 is 0. The molecule has 0 aromatic heterocycles. The summed E-state index contributed by atoms with van der Waals surface area (Å²) in [6.45, 7) is 14.6. The fraction of sp³-hybridized carbons (Fsp3) is 0.854. The highest BCUT2D eigenvalue weighted by atomic mass is 16.7. The SMILES string of the molecule is CNCCNC[C@@H]1C[C@H]2C=C3[C@@](CCC=O)(CC[C@@]4(C(=O)O)[C@@H](COC)C[C@]5(C)CC=C[C@]34C5)[C@]3(C)CC[C@H]4C(C)(C)[C@@H](O[C@@H]5O[C@H](C(=O)O)[C@@H](O)[C@H](O)[C@H]5O)C[C@@H]1[C@]4(C)[C@@H]23. The molecule has 13 heteroatoms. The minimum atomic E-state index is -1.80. The van der Waals surface area contributed by atoms with Crippen LogP contribution in [0, 0.1) is 73.4 Å². The van der Waals surface area contributed by atoms with Gasteiger partial charge in [-0.05, 0) is 134 Å². The van der Waals surface area contributed by atoms with E-state index in [9.17, 15) is 39.9 Å². The number of aliphatic hydroxyl groups is 3. The van der Waals surface area contributed by atoms with Crippen LogP contribution in [0.2, 0.25) is 0 Å². The first-order valence-corrected chi connectivity index (χ1v) is 23.3. The van der Waals surface area contributed by atoms with Crippen LogP contribution in [0.15, 0.2) is 23.8 Å². The third-order valence-corrected chi connectivity index (χ3v) is 19.5. The molecule has 2 bridgehead atoms. The van der Waals surface area contributed by atoms with Crippen molar-refractivity contribution in [2.45, 2.75) is 142 Å². The monoisotopic (exact) mass is 855 g/mol. The minimum Gasteiger partial charge on any atom is -0.481 e. The van der Waals surface area contributed by atoms with E-state index in [2.05, 4.69) is 63.5 Å². The molecule has 0 amide bonds. The number of allylic oxidation sites excluding steroid dienone is 4. The van der Waals surface area contributed by atoms with Gasteiger partial charge in [-0.2, -0.15) is 0 Å². The highest BCUT2D eigenvalue weighted by molar-refractivity contribution is 5.79. The number of carbonyl (C=O) groups excluding carboxylic acids is 1. The zero-order valence-electron chi connectivity index (χ0n) is 37.5. The van der Waals surface area contributed by atoms with Crippen molar-refractivity contribution in [3.8, 4) is 0 Å². The van der Waals surface area contributed by atoms with Crippen molar-refractivity contribution in [2.24, 2.45) is 73.4 Å². The number of aliphatic hydroxyl groups excluding tert-OH is 3. The van der Waals surface area contributed by atoms with Crippen molar-refractivity contribution < 1.29 is 54.1 Å². The van der Waals surface area contributed by atoms with E-state index >= 15 is 0 Å². The average Bonchev–Trinajstić information content (AvgIpc) is 3.19. The van der Waals surface area contributed by atoms with E-state index in [1.807, 2.05) is 7.05 Å². The van der Waals surface area contributed by atoms with E-state index in [1.54, 1.807) is 7.11 Å². The Morgan fingerprint density at radius 1 is 1.00 bits per heavy atom. The van der Waals surface area contributed by atoms with Gasteiger partial charge < -0.3 is 55.2 Å². The molecule has 0 radical (unpaired) electrons. The number of carboxylic acid groups (broad SMARTS) is 2. The summed E-state index contributed by atoms with van der Waals surface area (Å²) < 4.78 is 18.4. The van der Waals surface area contributed by atoms with E-state index in [4.69, 9.17) is 14.2 Å². The van der Waals surface area contributed by atoms with E-state index in [-0.39, 0.29) is 51.8 Å². The summed E-state index contributed by atoms with van der Waals surface area (Å²) in [5.41, 5.74) is -1.88. The summed E-state index contributed by atoms with van der Waals surface area (Å²) in [6, 6.07) is 0. The predicted octanol–water partition coefficient (Wildman–Crippen LogP) is 4.57. The van der Waals surface area contributed by atoms with Gasteiger partial charge >= 0.3 is 11.9 Å². The Bertz CT molecular complexity index is 1790. The Balaban J connectivity index is 1.28. The molecular weight excluding hydrogens is 781 g/mol. The van der Waals surface area contributed by atoms with Gasteiger partial charge in [0.05, 0.1) is 18.1 Å². The molecule has 8 rings (SSSR count). The van der Waals surface area contributed by atoms with Crippen LogP contribution in [0.5, 0.6) is 0 Å². The molecular formula is C48H74N2O11. The number of carbonyl (C=O) groups is 3. The van der Waals surface area contributed by atoms with Crippen molar-refractivity contribution in [1.82, 2.24) is 10.6 Å². The third-order valence-electron chi connectivity index (χ3n) is 19.5. The van der Waals surface area contributed by atoms with E-state index in [0.29, 0.717) is 38.7 Å². The van der Waals surface area contributed by atoms with Crippen LogP contribution >= 0.6 is 0 Å². The second-order valence-electron chi connectivity index (χ2n) is 22.4. The lowest BCUT2D eigenvalue weighted by Gasteiger charge is -2.78. The number of carboxylic acids is 2. The van der Waals surface area contributed by atoms with Crippen molar-refractivity contribution in [3.05, 3.63) is 23.8 Å². The first kappa shape index (κ1) is 45.3. The smallest absolute Gasteiger partial charge is 0.335 e. The van der Waals surface area contributed by atoms with Gasteiger partial charge in [0.25, 0.3) is 0 Å². The lowest BCUT2D eigenvalue weighted by atomic mass is 9.25. The van der Waals surface area contributed by atoms with Gasteiger partial charge in [-0.1, -0.05) is 58.4 Å². The molecule has 13 nitrogen and oxygen atoms in total. The summed E-state index contributed by atoms with van der Waals surface area (Å²) in [6.07, 6.45) is 7.54. The number of ether oxygens (including phenoxy) is 3. The topological polar surface area (TPSA) is 204 Å². The van der Waals surface area contributed by atoms with Crippen LogP contribution < -0.4 is 10.6 Å². The van der Waals surface area contributed by atoms with Gasteiger partial charge in [0.15, 0.2) is 12.4 Å². The molecule has 0 aromatic carbocycles. The number of hydrogen-bond acceptors (Lipinski definition) is 11. The highest BCUT2D eigenvalue weighted by Crippen LogP contribution is 2.83. The summed E-state index contributed by atoms with van der Waals surface area (Å²) in [5.74, 6) is -1.42. The molecule has 61 heavy (non-hydrogen) atoms. The number of rotatable bonds is 14. The van der Waals surface area contributed by atoms with Crippen LogP contribution in [0.3, 0.4) is 0 Å². The van der Waals surface area contributed by atoms with Crippen LogP contribution in [-0.2, 0) is 28.6 Å². The van der Waals surface area contributed by atoms with Gasteiger partial charge in [-0.3, -0.25) is 4.79 Å². The second-order valence-corrected chi connectivity index (χ2v) is 22.4. The van der Waals surface area contributed by atoms with Gasteiger partial charge in [0.2, 0.25) is 0 Å². The molecule has 342 valence electrons. The van der Waals surface area contributed by atoms with Crippen molar-refractivity contribution in [3.63, 3.8) is 0 Å². The van der Waals surface area contributed by atoms with Crippen LogP contribution in [0.1, 0.15) is 105 Å². The van der Waals surface area contributed by atoms with E-state index in [0.717, 1.165) is 64.4 Å². The summed E-state index contributed by atoms with van der Waals surface area (Å²) in [7, 11) is 3.64. The quantitative estimate of drug-likeness (QED) is 0.0555. The number of hydrogen-bond donors (Lipinski definition) is 7. The van der Waals surface area contributed by atoms with Gasteiger partial charge in [0, 0.05) is 38.0 Å². The van der Waals surface area contributed by atoms with E-state index < -0.39 is 70.4 Å². The normalized spacial score (nSPS) is 50.4. The van der Waals surface area contributed by atoms with Crippen LogP contribution in [0.25, 0.3) is 0 Å². The van der Waals surface area contributed by atoms with E-state index in [1.165, 1.54) is 5.57 Å². The van der Waals surface area contributed by atoms with Crippen molar-refractivity contribution in [1.29, 1.82) is 0 Å². The molecule has 1 aliphatic heterocycles. The number of likely N-dealkylation sites (N-methyl/N-ethyl adjacent to an activating group) is 1. The minimum absolute atomic E-state index is 0.0824. The van der Waals surface area contributed by atoms with Gasteiger partial charge in [-0.25, -0.2) is 4.79 Å². The van der Waals surface area contributed by atoms with Crippen LogP contribution in [-0.4, -0.2) is 121 Å². The number of aldehydes is 1. The zero-order valence-corrected chi connectivity index (χ0v) is 37.5. The Morgan fingerprint density at radius 2 is 1.75 bits per heavy atom. The first-order valence-electron chi connectivity index (χ1n) is 23.3. The van der Waals surface area contributed by atoms with Crippen molar-refractivity contribution >= 4 is 18.2 Å². The largest absolute Gasteiger partial charge is 0.481 e. The highest BCUT2D eigenvalue weighted by Gasteiger charge is 2.79. The maximum absolute atomic E-state index is 14.2. The molecule has 1 heterocycles. The van der Waals surface area contributed by atoms with Gasteiger partial charge in [0.1, 0.15) is 24.6 Å². The molecule has 18 atom stereocenters. The summed E-state index contributed by atoms with van der Waals surface area (Å²) in [4.78, 5) is 38.9. The Hall–Kier alpha value is -2.23. The molecule has 8 aliphatic rings. The maximum Gasteiger partial charge on any atom is 0.335 e. The molecule has 5 saturated carbocycles. The predicted molar refractivity (Wildman–Crippen MR) is 226 cm³/mol. The number of fused-ring (bicyclic) bond motifs is 3.